The number of sulfonamides is 1. The van der Waals surface area contributed by atoms with Gasteiger partial charge in [-0.3, -0.25) is 8.99 Å². The quantitative estimate of drug-likeness (QED) is 0.865. The first-order chi connectivity index (χ1) is 11.1. The standard InChI is InChI=1S/C17H21N3O2S/c21-23(22,13-14-5-3-6-14)20-12-16(19-10-4-9-18-19)11-15-7-1-2-8-17(15)20/h1-2,4,7-10,14,16H,3,5-6,11-13H2/t16-/m1/s1. The monoisotopic (exact) mass is 331 g/mol. The summed E-state index contributed by atoms with van der Waals surface area (Å²) in [5.74, 6) is 0.602. The Morgan fingerprint density at radius 2 is 2.00 bits per heavy atom. The molecule has 2 heterocycles. The molecule has 0 N–H and O–H groups in total. The van der Waals surface area contributed by atoms with E-state index in [1.165, 1.54) is 0 Å². The number of aromatic nitrogens is 2. The molecule has 6 heteroatoms. The molecule has 2 aliphatic rings. The van der Waals surface area contributed by atoms with Gasteiger partial charge in [0, 0.05) is 12.4 Å². The molecular formula is C17H21N3O2S. The lowest BCUT2D eigenvalue weighted by atomic mass is 9.87. The zero-order valence-electron chi connectivity index (χ0n) is 13.0. The summed E-state index contributed by atoms with van der Waals surface area (Å²) in [6.45, 7) is 0.466. The van der Waals surface area contributed by atoms with Crippen molar-refractivity contribution in [3.63, 3.8) is 0 Å². The Hall–Kier alpha value is -1.82. The number of benzene rings is 1. The summed E-state index contributed by atoms with van der Waals surface area (Å²) in [6.07, 6.45) is 7.71. The molecule has 1 aliphatic carbocycles. The lowest BCUT2D eigenvalue weighted by Crippen LogP contribution is -2.43. The van der Waals surface area contributed by atoms with E-state index < -0.39 is 10.0 Å². The predicted octanol–water partition coefficient (Wildman–Crippen LogP) is 2.62. The number of nitrogens with zero attached hydrogens (tertiary/aromatic N) is 3. The number of hydrogen-bond donors (Lipinski definition) is 0. The van der Waals surface area contributed by atoms with Crippen molar-refractivity contribution in [2.75, 3.05) is 16.6 Å². The van der Waals surface area contributed by atoms with E-state index in [-0.39, 0.29) is 11.8 Å². The van der Waals surface area contributed by atoms with Crippen LogP contribution < -0.4 is 4.31 Å². The van der Waals surface area contributed by atoms with Crippen LogP contribution in [0.25, 0.3) is 0 Å². The van der Waals surface area contributed by atoms with Gasteiger partial charge in [-0.25, -0.2) is 8.42 Å². The van der Waals surface area contributed by atoms with Gasteiger partial charge in [0.25, 0.3) is 0 Å². The predicted molar refractivity (Wildman–Crippen MR) is 89.9 cm³/mol. The second-order valence-electron chi connectivity index (χ2n) is 6.58. The van der Waals surface area contributed by atoms with Crippen LogP contribution in [0.2, 0.25) is 0 Å². The van der Waals surface area contributed by atoms with Crippen molar-refractivity contribution < 1.29 is 8.42 Å². The van der Waals surface area contributed by atoms with Crippen LogP contribution in [-0.4, -0.2) is 30.5 Å². The number of anilines is 1. The maximum Gasteiger partial charge on any atom is 0.235 e. The summed E-state index contributed by atoms with van der Waals surface area (Å²) in [7, 11) is -3.29. The fourth-order valence-electron chi connectivity index (χ4n) is 3.52. The van der Waals surface area contributed by atoms with Gasteiger partial charge in [-0.05, 0) is 42.9 Å². The van der Waals surface area contributed by atoms with Crippen LogP contribution in [0.3, 0.4) is 0 Å². The molecule has 0 amide bonds. The molecule has 23 heavy (non-hydrogen) atoms. The third kappa shape index (κ3) is 2.76. The van der Waals surface area contributed by atoms with Crippen molar-refractivity contribution in [1.82, 2.24) is 9.78 Å². The van der Waals surface area contributed by atoms with Crippen LogP contribution in [-0.2, 0) is 16.4 Å². The summed E-state index contributed by atoms with van der Waals surface area (Å²) >= 11 is 0. The molecule has 1 aliphatic heterocycles. The maximum absolute atomic E-state index is 13.0. The summed E-state index contributed by atoms with van der Waals surface area (Å²) in [6, 6.07) is 9.77. The Morgan fingerprint density at radius 1 is 1.17 bits per heavy atom. The molecule has 4 rings (SSSR count). The number of fused-ring (bicyclic) bond motifs is 1. The van der Waals surface area contributed by atoms with E-state index in [0.29, 0.717) is 12.5 Å². The molecule has 1 saturated carbocycles. The van der Waals surface area contributed by atoms with E-state index in [1.54, 1.807) is 10.5 Å². The number of hydrogen-bond acceptors (Lipinski definition) is 3. The van der Waals surface area contributed by atoms with Crippen molar-refractivity contribution in [1.29, 1.82) is 0 Å². The van der Waals surface area contributed by atoms with Crippen LogP contribution >= 0.6 is 0 Å². The zero-order chi connectivity index (χ0) is 15.9. The Labute approximate surface area is 137 Å². The first-order valence-electron chi connectivity index (χ1n) is 8.21. The molecule has 0 unspecified atom stereocenters. The topological polar surface area (TPSA) is 55.2 Å². The highest BCUT2D eigenvalue weighted by molar-refractivity contribution is 7.92. The fourth-order valence-corrected chi connectivity index (χ4v) is 5.51. The van der Waals surface area contributed by atoms with Crippen LogP contribution in [0.4, 0.5) is 5.69 Å². The van der Waals surface area contributed by atoms with Crippen molar-refractivity contribution >= 4 is 15.7 Å². The molecule has 1 aromatic carbocycles. The van der Waals surface area contributed by atoms with Crippen molar-refractivity contribution in [2.24, 2.45) is 5.92 Å². The van der Waals surface area contributed by atoms with E-state index in [2.05, 4.69) is 5.10 Å². The molecule has 2 aromatic rings. The summed E-state index contributed by atoms with van der Waals surface area (Å²) < 4.78 is 29.4. The van der Waals surface area contributed by atoms with Crippen LogP contribution in [0.15, 0.2) is 42.7 Å². The van der Waals surface area contributed by atoms with E-state index in [0.717, 1.165) is 36.9 Å². The Bertz CT molecular complexity index is 782. The van der Waals surface area contributed by atoms with Gasteiger partial charge in [0.05, 0.1) is 24.0 Å². The summed E-state index contributed by atoms with van der Waals surface area (Å²) in [5, 5.41) is 4.31. The molecule has 1 aromatic heterocycles. The minimum atomic E-state index is -3.29. The second-order valence-corrected chi connectivity index (χ2v) is 8.52. The average Bonchev–Trinajstić information content (AvgIpc) is 3.04. The van der Waals surface area contributed by atoms with Crippen LogP contribution in [0.1, 0.15) is 30.9 Å². The van der Waals surface area contributed by atoms with E-state index in [1.807, 2.05) is 41.2 Å². The van der Waals surface area contributed by atoms with Gasteiger partial charge >= 0.3 is 0 Å². The second kappa shape index (κ2) is 5.67. The molecule has 0 bridgehead atoms. The molecule has 5 nitrogen and oxygen atoms in total. The highest BCUT2D eigenvalue weighted by atomic mass is 32.2. The van der Waals surface area contributed by atoms with Gasteiger partial charge in [0.2, 0.25) is 10.0 Å². The number of rotatable bonds is 4. The minimum absolute atomic E-state index is 0.0519. The normalized spacial score (nSPS) is 21.7. The van der Waals surface area contributed by atoms with Crippen molar-refractivity contribution in [2.45, 2.75) is 31.7 Å². The van der Waals surface area contributed by atoms with E-state index in [9.17, 15) is 8.42 Å². The molecule has 0 spiro atoms. The van der Waals surface area contributed by atoms with Crippen LogP contribution in [0, 0.1) is 5.92 Å². The van der Waals surface area contributed by atoms with E-state index in [4.69, 9.17) is 0 Å². The first-order valence-corrected chi connectivity index (χ1v) is 9.82. The zero-order valence-corrected chi connectivity index (χ0v) is 13.8. The van der Waals surface area contributed by atoms with Gasteiger partial charge in [-0.1, -0.05) is 24.6 Å². The third-order valence-electron chi connectivity index (χ3n) is 5.00. The van der Waals surface area contributed by atoms with Gasteiger partial charge < -0.3 is 0 Å². The SMILES string of the molecule is O=S(=O)(CC1CCC1)N1C[C@H](n2cccn2)Cc2ccccc21. The molecule has 0 radical (unpaired) electrons. The number of para-hydroxylation sites is 1. The fraction of sp³-hybridized carbons (Fsp3) is 0.471. The molecule has 0 saturated heterocycles. The van der Waals surface area contributed by atoms with Crippen molar-refractivity contribution in [3.05, 3.63) is 48.3 Å². The maximum atomic E-state index is 13.0. The average molecular weight is 331 g/mol. The Kier molecular flexibility index (Phi) is 3.64. The van der Waals surface area contributed by atoms with Crippen molar-refractivity contribution in [3.8, 4) is 0 Å². The highest BCUT2D eigenvalue weighted by Crippen LogP contribution is 2.36. The summed E-state index contributed by atoms with van der Waals surface area (Å²) in [4.78, 5) is 0. The van der Waals surface area contributed by atoms with Gasteiger partial charge in [0.15, 0.2) is 0 Å². The molecule has 1 atom stereocenters. The molecule has 122 valence electrons. The largest absolute Gasteiger partial charge is 0.268 e. The van der Waals surface area contributed by atoms with E-state index >= 15 is 0 Å². The molecular weight excluding hydrogens is 310 g/mol. The summed E-state index contributed by atoms with van der Waals surface area (Å²) in [5.41, 5.74) is 1.92. The lowest BCUT2D eigenvalue weighted by Gasteiger charge is -2.37. The van der Waals surface area contributed by atoms with Gasteiger partial charge in [0.1, 0.15) is 0 Å². The molecule has 1 fully saturated rings. The Balaban J connectivity index is 1.69. The van der Waals surface area contributed by atoms with Crippen LogP contribution in [0.5, 0.6) is 0 Å². The van der Waals surface area contributed by atoms with Gasteiger partial charge in [-0.15, -0.1) is 0 Å². The third-order valence-corrected chi connectivity index (χ3v) is 6.91. The van der Waals surface area contributed by atoms with Gasteiger partial charge in [-0.2, -0.15) is 5.10 Å². The highest BCUT2D eigenvalue weighted by Gasteiger charge is 2.35. The minimum Gasteiger partial charge on any atom is -0.268 e. The Morgan fingerprint density at radius 3 is 2.70 bits per heavy atom. The first kappa shape index (κ1) is 14.8. The smallest absolute Gasteiger partial charge is 0.235 e. The lowest BCUT2D eigenvalue weighted by molar-refractivity contribution is 0.346.